The number of H-pyrrole nitrogens is 1. The normalized spacial score (nSPS) is 17.0. The molecule has 0 radical (unpaired) electrons. The van der Waals surface area contributed by atoms with E-state index in [-0.39, 0.29) is 0 Å². The molecule has 0 amide bonds. The number of aromatic amines is 1. The SMILES string of the molecule is N#Cc1cn2c(-c3nccc(N4CCCC(c5cnc[nH]5)C4)n3)cnc2cn1. The van der Waals surface area contributed by atoms with Gasteiger partial charge in [-0.25, -0.2) is 24.9 Å². The van der Waals surface area contributed by atoms with Gasteiger partial charge < -0.3 is 9.88 Å². The fourth-order valence-corrected chi connectivity index (χ4v) is 3.69. The van der Waals surface area contributed by atoms with E-state index in [0.29, 0.717) is 23.1 Å². The lowest BCUT2D eigenvalue weighted by molar-refractivity contribution is 0.500. The summed E-state index contributed by atoms with van der Waals surface area (Å²) in [5.74, 6) is 1.87. The van der Waals surface area contributed by atoms with E-state index in [1.54, 1.807) is 35.5 Å². The van der Waals surface area contributed by atoms with E-state index in [2.05, 4.69) is 35.9 Å². The Morgan fingerprint density at radius 1 is 1.18 bits per heavy atom. The Balaban J connectivity index is 1.48. The van der Waals surface area contributed by atoms with Gasteiger partial charge in [-0.2, -0.15) is 5.26 Å². The predicted molar refractivity (Wildman–Crippen MR) is 102 cm³/mol. The standard InChI is InChI=1S/C19H17N9/c20-6-14-11-28-16(8-24-18(28)9-23-14)19-22-4-3-17(26-19)27-5-1-2-13(10-27)15-7-21-12-25-15/h3-4,7-9,11-13H,1-2,5,10H2,(H,21,25). The van der Waals surface area contributed by atoms with Gasteiger partial charge in [-0.3, -0.25) is 4.40 Å². The summed E-state index contributed by atoms with van der Waals surface area (Å²) >= 11 is 0. The average Bonchev–Trinajstić information content (AvgIpc) is 3.43. The lowest BCUT2D eigenvalue weighted by Crippen LogP contribution is -2.35. The first-order valence-electron chi connectivity index (χ1n) is 9.11. The number of aromatic nitrogens is 7. The van der Waals surface area contributed by atoms with Crippen molar-refractivity contribution in [2.24, 2.45) is 0 Å². The van der Waals surface area contributed by atoms with Crippen molar-refractivity contribution in [3.63, 3.8) is 0 Å². The van der Waals surface area contributed by atoms with Crippen LogP contribution in [0.4, 0.5) is 5.82 Å². The van der Waals surface area contributed by atoms with Crippen molar-refractivity contribution in [2.45, 2.75) is 18.8 Å². The minimum Gasteiger partial charge on any atom is -0.356 e. The molecule has 0 aromatic carbocycles. The van der Waals surface area contributed by atoms with Gasteiger partial charge in [0, 0.05) is 43.3 Å². The number of nitrogens with zero attached hydrogens (tertiary/aromatic N) is 8. The van der Waals surface area contributed by atoms with Crippen molar-refractivity contribution >= 4 is 11.5 Å². The molecule has 1 unspecified atom stereocenters. The molecule has 1 aliphatic rings. The molecule has 1 aliphatic heterocycles. The number of nitriles is 1. The van der Waals surface area contributed by atoms with Gasteiger partial charge in [-0.05, 0) is 18.9 Å². The summed E-state index contributed by atoms with van der Waals surface area (Å²) in [5.41, 5.74) is 2.87. The van der Waals surface area contributed by atoms with Gasteiger partial charge >= 0.3 is 0 Å². The maximum Gasteiger partial charge on any atom is 0.180 e. The second-order valence-electron chi connectivity index (χ2n) is 6.79. The quantitative estimate of drug-likeness (QED) is 0.587. The third-order valence-corrected chi connectivity index (χ3v) is 5.09. The number of rotatable bonds is 3. The topological polar surface area (TPSA) is 112 Å². The number of fused-ring (bicyclic) bond motifs is 1. The van der Waals surface area contributed by atoms with Crippen LogP contribution in [-0.2, 0) is 0 Å². The van der Waals surface area contributed by atoms with E-state index in [0.717, 1.165) is 43.1 Å². The van der Waals surface area contributed by atoms with E-state index >= 15 is 0 Å². The van der Waals surface area contributed by atoms with Gasteiger partial charge in [0.15, 0.2) is 17.2 Å². The van der Waals surface area contributed by atoms with Gasteiger partial charge in [-0.15, -0.1) is 0 Å². The molecular formula is C19H17N9. The van der Waals surface area contributed by atoms with Crippen LogP contribution >= 0.6 is 0 Å². The average molecular weight is 371 g/mol. The van der Waals surface area contributed by atoms with Crippen LogP contribution < -0.4 is 4.90 Å². The highest BCUT2D eigenvalue weighted by Crippen LogP contribution is 2.28. The summed E-state index contributed by atoms with van der Waals surface area (Å²) < 4.78 is 1.80. The largest absolute Gasteiger partial charge is 0.356 e. The van der Waals surface area contributed by atoms with Crippen molar-refractivity contribution in [2.75, 3.05) is 18.0 Å². The zero-order valence-corrected chi connectivity index (χ0v) is 15.0. The smallest absolute Gasteiger partial charge is 0.180 e. The number of hydrogen-bond donors (Lipinski definition) is 1. The van der Waals surface area contributed by atoms with E-state index in [1.807, 2.05) is 12.3 Å². The molecule has 5 rings (SSSR count). The Bertz CT molecular complexity index is 1160. The number of imidazole rings is 2. The number of nitrogens with one attached hydrogen (secondary N) is 1. The Kier molecular flexibility index (Phi) is 3.94. The first kappa shape index (κ1) is 16.4. The second kappa shape index (κ2) is 6.74. The first-order valence-corrected chi connectivity index (χ1v) is 9.11. The highest BCUT2D eigenvalue weighted by molar-refractivity contribution is 5.58. The van der Waals surface area contributed by atoms with Crippen molar-refractivity contribution in [1.29, 1.82) is 5.26 Å². The maximum absolute atomic E-state index is 9.12. The summed E-state index contributed by atoms with van der Waals surface area (Å²) in [4.78, 5) is 27.3. The Hall–Kier alpha value is -3.80. The van der Waals surface area contributed by atoms with Crippen molar-refractivity contribution < 1.29 is 0 Å². The Morgan fingerprint density at radius 3 is 3.00 bits per heavy atom. The number of piperidine rings is 1. The van der Waals surface area contributed by atoms with E-state index in [1.165, 1.54) is 0 Å². The van der Waals surface area contributed by atoms with Crippen molar-refractivity contribution in [3.8, 4) is 17.6 Å². The van der Waals surface area contributed by atoms with Gasteiger partial charge in [-0.1, -0.05) is 0 Å². The van der Waals surface area contributed by atoms with Crippen LogP contribution in [0.5, 0.6) is 0 Å². The van der Waals surface area contributed by atoms with Gasteiger partial charge in [0.1, 0.15) is 17.6 Å². The summed E-state index contributed by atoms with van der Waals surface area (Å²) in [5, 5.41) is 9.12. The molecule has 0 aliphatic carbocycles. The molecule has 1 fully saturated rings. The molecule has 28 heavy (non-hydrogen) atoms. The van der Waals surface area contributed by atoms with Gasteiger partial charge in [0.2, 0.25) is 0 Å². The molecule has 1 saturated heterocycles. The molecule has 9 nitrogen and oxygen atoms in total. The molecule has 9 heteroatoms. The molecule has 1 atom stereocenters. The Labute approximate surface area is 160 Å². The lowest BCUT2D eigenvalue weighted by Gasteiger charge is -2.33. The first-order chi connectivity index (χ1) is 13.8. The fraction of sp³-hybridized carbons (Fsp3) is 0.263. The van der Waals surface area contributed by atoms with Crippen LogP contribution in [0.3, 0.4) is 0 Å². The molecule has 138 valence electrons. The summed E-state index contributed by atoms with van der Waals surface area (Å²) in [6.45, 7) is 1.84. The molecular weight excluding hydrogens is 354 g/mol. The fourth-order valence-electron chi connectivity index (χ4n) is 3.69. The predicted octanol–water partition coefficient (Wildman–Crippen LogP) is 2.17. The highest BCUT2D eigenvalue weighted by atomic mass is 15.2. The van der Waals surface area contributed by atoms with Crippen LogP contribution in [0.25, 0.3) is 17.2 Å². The molecule has 0 saturated carbocycles. The third kappa shape index (κ3) is 2.85. The van der Waals surface area contributed by atoms with E-state index in [9.17, 15) is 0 Å². The molecule has 4 aromatic rings. The van der Waals surface area contributed by atoms with E-state index in [4.69, 9.17) is 10.2 Å². The van der Waals surface area contributed by atoms with Gasteiger partial charge in [0.05, 0.1) is 18.7 Å². The molecule has 1 N–H and O–H groups in total. The maximum atomic E-state index is 9.12. The lowest BCUT2D eigenvalue weighted by atomic mass is 9.95. The van der Waals surface area contributed by atoms with Gasteiger partial charge in [0.25, 0.3) is 0 Å². The summed E-state index contributed by atoms with van der Waals surface area (Å²) in [6, 6.07) is 3.99. The number of hydrogen-bond acceptors (Lipinski definition) is 7. The molecule has 0 spiro atoms. The molecule has 4 aromatic heterocycles. The summed E-state index contributed by atoms with van der Waals surface area (Å²) in [6.07, 6.45) is 12.6. The number of anilines is 1. The van der Waals surface area contributed by atoms with E-state index < -0.39 is 0 Å². The molecule has 5 heterocycles. The van der Waals surface area contributed by atoms with Crippen LogP contribution in [0, 0.1) is 11.3 Å². The molecule has 0 bridgehead atoms. The van der Waals surface area contributed by atoms with Crippen LogP contribution in [0.1, 0.15) is 30.1 Å². The van der Waals surface area contributed by atoms with Crippen LogP contribution in [-0.4, -0.2) is 47.4 Å². The highest BCUT2D eigenvalue weighted by Gasteiger charge is 2.23. The Morgan fingerprint density at radius 2 is 2.14 bits per heavy atom. The zero-order valence-electron chi connectivity index (χ0n) is 15.0. The second-order valence-corrected chi connectivity index (χ2v) is 6.79. The minimum atomic E-state index is 0.321. The van der Waals surface area contributed by atoms with Crippen molar-refractivity contribution in [1.82, 2.24) is 34.3 Å². The van der Waals surface area contributed by atoms with Crippen LogP contribution in [0.15, 0.2) is 43.4 Å². The monoisotopic (exact) mass is 371 g/mol. The zero-order chi connectivity index (χ0) is 18.9. The summed E-state index contributed by atoms with van der Waals surface area (Å²) in [7, 11) is 0. The van der Waals surface area contributed by atoms with Crippen molar-refractivity contribution in [3.05, 3.63) is 54.8 Å². The van der Waals surface area contributed by atoms with Crippen LogP contribution in [0.2, 0.25) is 0 Å². The minimum absolute atomic E-state index is 0.321. The third-order valence-electron chi connectivity index (χ3n) is 5.09.